The van der Waals surface area contributed by atoms with Crippen LogP contribution in [0.25, 0.3) is 0 Å². The second-order valence-electron chi connectivity index (χ2n) is 2.46. The van der Waals surface area contributed by atoms with Gasteiger partial charge >= 0.3 is 0 Å². The van der Waals surface area contributed by atoms with Crippen LogP contribution in [0.2, 0.25) is 0 Å². The Balaban J connectivity index is 2.48. The van der Waals surface area contributed by atoms with Crippen LogP contribution in [-0.2, 0) is 4.79 Å². The van der Waals surface area contributed by atoms with E-state index >= 15 is 0 Å². The van der Waals surface area contributed by atoms with E-state index in [9.17, 15) is 4.79 Å². The van der Waals surface area contributed by atoms with E-state index in [0.29, 0.717) is 0 Å². The highest BCUT2D eigenvalue weighted by Crippen LogP contribution is 2.08. The summed E-state index contributed by atoms with van der Waals surface area (Å²) in [5.41, 5.74) is 0. The lowest BCUT2D eigenvalue weighted by Crippen LogP contribution is -2.31. The molecule has 0 radical (unpaired) electrons. The van der Waals surface area contributed by atoms with Crippen LogP contribution in [0.3, 0.4) is 0 Å². The first-order chi connectivity index (χ1) is 4.72. The second kappa shape index (κ2) is 2.84. The second-order valence-corrected chi connectivity index (χ2v) is 2.46. The van der Waals surface area contributed by atoms with Crippen LogP contribution >= 0.6 is 0 Å². The molecule has 2 N–H and O–H groups in total. The fraction of sp³-hybridized carbons (Fsp3) is 0.571. The Kier molecular flexibility index (Phi) is 2.06. The van der Waals surface area contributed by atoms with E-state index in [1.807, 2.05) is 0 Å². The Morgan fingerprint density at radius 1 is 1.70 bits per heavy atom. The molecule has 1 fully saturated rings. The van der Waals surface area contributed by atoms with Crippen LogP contribution in [-0.4, -0.2) is 23.5 Å². The maximum atomic E-state index is 10.9. The predicted molar refractivity (Wildman–Crippen MR) is 37.8 cm³/mol. The molecule has 1 saturated heterocycles. The van der Waals surface area contributed by atoms with E-state index in [0.717, 1.165) is 19.4 Å². The van der Waals surface area contributed by atoms with Crippen molar-refractivity contribution in [1.29, 1.82) is 0 Å². The molecule has 0 amide bonds. The highest BCUT2D eigenvalue weighted by Gasteiger charge is 2.23. The summed E-state index contributed by atoms with van der Waals surface area (Å²) < 4.78 is 0. The Labute approximate surface area is 59.7 Å². The maximum absolute atomic E-state index is 10.9. The summed E-state index contributed by atoms with van der Waals surface area (Å²) in [6.07, 6.45) is 1.82. The molecule has 0 spiro atoms. The molecule has 10 heavy (non-hydrogen) atoms. The minimum atomic E-state index is -0.334. The van der Waals surface area contributed by atoms with Gasteiger partial charge < -0.3 is 10.4 Å². The van der Waals surface area contributed by atoms with Crippen molar-refractivity contribution in [3.63, 3.8) is 0 Å². The third kappa shape index (κ3) is 1.36. The number of aliphatic hydroxyl groups excluding tert-OH is 1. The molecule has 1 atom stereocenters. The molecule has 56 valence electrons. The molecule has 1 heterocycles. The smallest absolute Gasteiger partial charge is 0.213 e. The average molecular weight is 141 g/mol. The van der Waals surface area contributed by atoms with E-state index in [4.69, 9.17) is 5.11 Å². The third-order valence-corrected chi connectivity index (χ3v) is 1.66. The Bertz CT molecular complexity index is 159. The summed E-state index contributed by atoms with van der Waals surface area (Å²) in [5.74, 6) is -0.600. The monoisotopic (exact) mass is 141 g/mol. The molecule has 1 aliphatic rings. The molecule has 0 aromatic rings. The molecule has 0 saturated carbocycles. The molecule has 0 bridgehead atoms. The molecule has 0 aromatic heterocycles. The van der Waals surface area contributed by atoms with Gasteiger partial charge in [0.05, 0.1) is 6.04 Å². The van der Waals surface area contributed by atoms with Crippen LogP contribution < -0.4 is 5.32 Å². The van der Waals surface area contributed by atoms with Gasteiger partial charge in [0.1, 0.15) is 0 Å². The summed E-state index contributed by atoms with van der Waals surface area (Å²) in [5, 5.41) is 11.7. The van der Waals surface area contributed by atoms with E-state index in [1.165, 1.54) is 0 Å². The van der Waals surface area contributed by atoms with E-state index in [-0.39, 0.29) is 17.6 Å². The van der Waals surface area contributed by atoms with Crippen molar-refractivity contribution in [2.24, 2.45) is 0 Å². The van der Waals surface area contributed by atoms with Gasteiger partial charge in [0.2, 0.25) is 5.78 Å². The van der Waals surface area contributed by atoms with Crippen molar-refractivity contribution in [2.75, 3.05) is 6.54 Å². The number of ketones is 1. The van der Waals surface area contributed by atoms with Gasteiger partial charge in [-0.1, -0.05) is 6.58 Å². The lowest BCUT2D eigenvalue weighted by Gasteiger charge is -2.05. The largest absolute Gasteiger partial charge is 0.505 e. The van der Waals surface area contributed by atoms with Gasteiger partial charge in [-0.15, -0.1) is 0 Å². The first-order valence-corrected chi connectivity index (χ1v) is 3.37. The summed E-state index contributed by atoms with van der Waals surface area (Å²) >= 11 is 0. The topological polar surface area (TPSA) is 49.3 Å². The van der Waals surface area contributed by atoms with E-state index in [1.54, 1.807) is 0 Å². The minimum absolute atomic E-state index is 0.183. The molecular formula is C7H11NO2. The van der Waals surface area contributed by atoms with Gasteiger partial charge in [-0.25, -0.2) is 0 Å². The van der Waals surface area contributed by atoms with Crippen molar-refractivity contribution in [2.45, 2.75) is 18.9 Å². The van der Waals surface area contributed by atoms with Crippen molar-refractivity contribution >= 4 is 5.78 Å². The minimum Gasteiger partial charge on any atom is -0.505 e. The zero-order valence-corrected chi connectivity index (χ0v) is 5.76. The number of carbonyl (C=O) groups excluding carboxylic acids is 1. The number of Topliss-reactive ketones (excluding diaryl/α,β-unsaturated/α-hetero) is 1. The zero-order valence-electron chi connectivity index (χ0n) is 5.76. The maximum Gasteiger partial charge on any atom is 0.213 e. The van der Waals surface area contributed by atoms with Crippen molar-refractivity contribution in [3.8, 4) is 0 Å². The van der Waals surface area contributed by atoms with Gasteiger partial charge in [0, 0.05) is 0 Å². The van der Waals surface area contributed by atoms with E-state index in [2.05, 4.69) is 11.9 Å². The summed E-state index contributed by atoms with van der Waals surface area (Å²) in [4.78, 5) is 10.9. The van der Waals surface area contributed by atoms with Crippen LogP contribution in [0, 0.1) is 0 Å². The Hall–Kier alpha value is -0.830. The normalized spacial score (nSPS) is 24.6. The molecular weight excluding hydrogens is 130 g/mol. The summed E-state index contributed by atoms with van der Waals surface area (Å²) in [6.45, 7) is 4.03. The molecule has 3 nitrogen and oxygen atoms in total. The first-order valence-electron chi connectivity index (χ1n) is 3.37. The summed E-state index contributed by atoms with van der Waals surface area (Å²) in [7, 11) is 0. The van der Waals surface area contributed by atoms with Crippen molar-refractivity contribution in [1.82, 2.24) is 5.32 Å². The molecule has 0 aliphatic carbocycles. The predicted octanol–water partition coefficient (Wildman–Crippen LogP) is 0.379. The Morgan fingerprint density at radius 3 is 2.80 bits per heavy atom. The van der Waals surface area contributed by atoms with Gasteiger partial charge in [-0.3, -0.25) is 4.79 Å². The van der Waals surface area contributed by atoms with Gasteiger partial charge in [-0.05, 0) is 19.4 Å². The SMILES string of the molecule is C=C(O)C(=O)C1CCCN1. The van der Waals surface area contributed by atoms with Crippen molar-refractivity contribution < 1.29 is 9.90 Å². The quantitative estimate of drug-likeness (QED) is 0.431. The molecule has 3 heteroatoms. The number of hydrogen-bond acceptors (Lipinski definition) is 3. The average Bonchev–Trinajstić information content (AvgIpc) is 2.36. The number of rotatable bonds is 2. The zero-order chi connectivity index (χ0) is 7.56. The highest BCUT2D eigenvalue weighted by molar-refractivity contribution is 5.96. The molecule has 1 aliphatic heterocycles. The third-order valence-electron chi connectivity index (χ3n) is 1.66. The van der Waals surface area contributed by atoms with Crippen LogP contribution in [0.4, 0.5) is 0 Å². The van der Waals surface area contributed by atoms with Crippen LogP contribution in [0.15, 0.2) is 12.3 Å². The fourth-order valence-electron chi connectivity index (χ4n) is 1.11. The van der Waals surface area contributed by atoms with Crippen LogP contribution in [0.5, 0.6) is 0 Å². The number of hydrogen-bond donors (Lipinski definition) is 2. The first kappa shape index (κ1) is 7.28. The van der Waals surface area contributed by atoms with Gasteiger partial charge in [0.25, 0.3) is 0 Å². The van der Waals surface area contributed by atoms with Crippen LogP contribution in [0.1, 0.15) is 12.8 Å². The molecule has 1 unspecified atom stereocenters. The van der Waals surface area contributed by atoms with Crippen molar-refractivity contribution in [3.05, 3.63) is 12.3 Å². The van der Waals surface area contributed by atoms with E-state index < -0.39 is 0 Å². The fourth-order valence-corrected chi connectivity index (χ4v) is 1.11. The van der Waals surface area contributed by atoms with Gasteiger partial charge in [-0.2, -0.15) is 0 Å². The molecule has 0 aromatic carbocycles. The Morgan fingerprint density at radius 2 is 2.40 bits per heavy atom. The van der Waals surface area contributed by atoms with Gasteiger partial charge in [0.15, 0.2) is 5.76 Å². The molecule has 1 rings (SSSR count). The number of nitrogens with one attached hydrogen (secondary N) is 1. The number of carbonyl (C=O) groups is 1. The lowest BCUT2D eigenvalue weighted by molar-refractivity contribution is -0.119. The standard InChI is InChI=1S/C7H11NO2/c1-5(9)7(10)6-3-2-4-8-6/h6,8-9H,1-4H2. The lowest BCUT2D eigenvalue weighted by atomic mass is 10.1. The highest BCUT2D eigenvalue weighted by atomic mass is 16.3. The number of aliphatic hydroxyl groups is 1. The summed E-state index contributed by atoms with van der Waals surface area (Å²) in [6, 6.07) is -0.183.